The molecule has 155 valence electrons. The maximum Gasteiger partial charge on any atom is 3.00 e. The van der Waals surface area contributed by atoms with Crippen LogP contribution in [0.15, 0.2) is 48.5 Å². The van der Waals surface area contributed by atoms with Gasteiger partial charge in [-0.05, 0) is 12.1 Å². The van der Waals surface area contributed by atoms with Crippen molar-refractivity contribution in [2.45, 2.75) is 13.1 Å². The van der Waals surface area contributed by atoms with Gasteiger partial charge in [-0.2, -0.15) is 0 Å². The van der Waals surface area contributed by atoms with Crippen LogP contribution in [0.5, 0.6) is 11.5 Å². The molecular weight excluding hydrogens is 420 g/mol. The summed E-state index contributed by atoms with van der Waals surface area (Å²) in [6, 6.07) is 13.4. The van der Waals surface area contributed by atoms with Crippen LogP contribution in [0.2, 0.25) is 0 Å². The number of rotatable bonds is 11. The van der Waals surface area contributed by atoms with E-state index in [4.69, 9.17) is 10.2 Å². The van der Waals surface area contributed by atoms with Crippen molar-refractivity contribution >= 4 is 11.9 Å². The number of phenols is 2. The van der Waals surface area contributed by atoms with E-state index in [0.29, 0.717) is 11.1 Å². The minimum absolute atomic E-state index is 0. The third kappa shape index (κ3) is 8.53. The molecule has 4 N–H and O–H groups in total. The van der Waals surface area contributed by atoms with Crippen LogP contribution in [0.4, 0.5) is 0 Å². The van der Waals surface area contributed by atoms with Crippen molar-refractivity contribution in [3.05, 3.63) is 59.7 Å². The first-order valence-electron chi connectivity index (χ1n) is 8.77. The first-order valence-corrected chi connectivity index (χ1v) is 8.77. The Morgan fingerprint density at radius 3 is 1.34 bits per heavy atom. The van der Waals surface area contributed by atoms with Gasteiger partial charge in [0.15, 0.2) is 0 Å². The van der Waals surface area contributed by atoms with Gasteiger partial charge in [-0.3, -0.25) is 19.4 Å². The number of aromatic hydroxyl groups is 2. The number of hydrogen-bond acceptors (Lipinski definition) is 6. The molecule has 0 aliphatic carbocycles. The van der Waals surface area contributed by atoms with Crippen LogP contribution in [-0.2, 0) is 39.7 Å². The summed E-state index contributed by atoms with van der Waals surface area (Å²) < 4.78 is 0. The van der Waals surface area contributed by atoms with Crippen molar-refractivity contribution in [1.82, 2.24) is 9.80 Å². The van der Waals surface area contributed by atoms with E-state index >= 15 is 0 Å². The van der Waals surface area contributed by atoms with E-state index in [1.807, 2.05) is 0 Å². The number of aliphatic carboxylic acids is 2. The van der Waals surface area contributed by atoms with Gasteiger partial charge < -0.3 is 20.4 Å². The smallest absolute Gasteiger partial charge is 0.508 e. The van der Waals surface area contributed by atoms with Crippen LogP contribution in [0.1, 0.15) is 11.1 Å². The topological polar surface area (TPSA) is 122 Å². The summed E-state index contributed by atoms with van der Waals surface area (Å²) in [6.45, 7) is 0.508. The Morgan fingerprint density at radius 2 is 1.03 bits per heavy atom. The second kappa shape index (κ2) is 12.1. The van der Waals surface area contributed by atoms with E-state index in [1.165, 1.54) is 12.1 Å². The van der Waals surface area contributed by atoms with Crippen molar-refractivity contribution in [1.29, 1.82) is 0 Å². The second-order valence-electron chi connectivity index (χ2n) is 6.47. The molecule has 2 aromatic carbocycles. The Hall–Kier alpha value is -2.58. The molecule has 0 atom stereocenters. The van der Waals surface area contributed by atoms with Crippen molar-refractivity contribution in [2.24, 2.45) is 0 Å². The number of benzene rings is 2. The van der Waals surface area contributed by atoms with Gasteiger partial charge in [-0.1, -0.05) is 36.4 Å². The molecule has 0 amide bonds. The predicted octanol–water partition coefficient (Wildman–Crippen LogP) is 1.57. The molecule has 8 nitrogen and oxygen atoms in total. The van der Waals surface area contributed by atoms with Crippen molar-refractivity contribution in [3.8, 4) is 11.5 Å². The van der Waals surface area contributed by atoms with Crippen molar-refractivity contribution in [3.63, 3.8) is 0 Å². The fraction of sp³-hybridized carbons (Fsp3) is 0.300. The molecule has 0 bridgehead atoms. The summed E-state index contributed by atoms with van der Waals surface area (Å²) in [4.78, 5) is 25.6. The van der Waals surface area contributed by atoms with E-state index in [1.54, 1.807) is 46.2 Å². The summed E-state index contributed by atoms with van der Waals surface area (Å²) >= 11 is 0. The predicted molar refractivity (Wildman–Crippen MR) is 102 cm³/mol. The zero-order valence-corrected chi connectivity index (χ0v) is 16.8. The molecule has 29 heavy (non-hydrogen) atoms. The zero-order valence-electron chi connectivity index (χ0n) is 15.7. The zero-order chi connectivity index (χ0) is 20.5. The van der Waals surface area contributed by atoms with E-state index in [-0.39, 0.29) is 67.8 Å². The van der Waals surface area contributed by atoms with Crippen LogP contribution in [0, 0.1) is 0 Å². The van der Waals surface area contributed by atoms with Crippen LogP contribution < -0.4 is 0 Å². The van der Waals surface area contributed by atoms with Gasteiger partial charge in [0.05, 0.1) is 13.1 Å². The average molecular weight is 444 g/mol. The molecule has 9 heteroatoms. The summed E-state index contributed by atoms with van der Waals surface area (Å²) in [5.41, 5.74) is 1.18. The van der Waals surface area contributed by atoms with Crippen molar-refractivity contribution < 1.29 is 47.1 Å². The Balaban J connectivity index is 0.00000420. The molecule has 0 aromatic heterocycles. The van der Waals surface area contributed by atoms with E-state index in [0.717, 1.165) is 0 Å². The van der Waals surface area contributed by atoms with Crippen LogP contribution in [-0.4, -0.2) is 68.3 Å². The largest absolute Gasteiger partial charge is 3.00 e. The SMILES string of the molecule is O=C(O)CN(CCN(CC(=O)O)Cc1ccccc1O)Cc1ccccc1O.[Fe+3]. The first-order chi connectivity index (χ1) is 13.3. The number of carbonyl (C=O) groups is 2. The molecule has 0 aliphatic heterocycles. The summed E-state index contributed by atoms with van der Waals surface area (Å²) in [5.74, 6) is -1.87. The number of nitrogens with zero attached hydrogens (tertiary/aromatic N) is 2. The van der Waals surface area contributed by atoms with E-state index < -0.39 is 11.9 Å². The molecule has 1 radical (unpaired) electrons. The fourth-order valence-electron chi connectivity index (χ4n) is 2.86. The summed E-state index contributed by atoms with van der Waals surface area (Å²) in [7, 11) is 0. The minimum atomic E-state index is -1.01. The van der Waals surface area contributed by atoms with Crippen molar-refractivity contribution in [2.75, 3.05) is 26.2 Å². The number of phenolic OH excluding ortho intramolecular Hbond substituents is 2. The molecular formula is C20H24FeN2O6+3. The number of carboxylic acid groups (broad SMARTS) is 2. The molecule has 0 fully saturated rings. The second-order valence-corrected chi connectivity index (χ2v) is 6.47. The van der Waals surface area contributed by atoms with Gasteiger partial charge in [0.1, 0.15) is 11.5 Å². The van der Waals surface area contributed by atoms with E-state index in [2.05, 4.69) is 0 Å². The molecule has 0 aliphatic rings. The summed E-state index contributed by atoms with van der Waals surface area (Å²) in [5, 5.41) is 38.2. The Labute approximate surface area is 179 Å². The van der Waals surface area contributed by atoms with Gasteiger partial charge in [0, 0.05) is 37.3 Å². The summed E-state index contributed by atoms with van der Waals surface area (Å²) in [6.07, 6.45) is 0. The average Bonchev–Trinajstić information content (AvgIpc) is 2.62. The van der Waals surface area contributed by atoms with Crippen LogP contribution in [0.3, 0.4) is 0 Å². The van der Waals surface area contributed by atoms with E-state index in [9.17, 15) is 19.8 Å². The fourth-order valence-corrected chi connectivity index (χ4v) is 2.86. The number of hydrogen-bond donors (Lipinski definition) is 4. The number of para-hydroxylation sites is 2. The number of carboxylic acids is 2. The van der Waals surface area contributed by atoms with Crippen LogP contribution >= 0.6 is 0 Å². The van der Waals surface area contributed by atoms with Gasteiger partial charge in [-0.15, -0.1) is 0 Å². The normalized spacial score (nSPS) is 10.7. The maximum absolute atomic E-state index is 11.2. The maximum atomic E-state index is 11.2. The Kier molecular flexibility index (Phi) is 10.2. The molecule has 0 saturated carbocycles. The molecule has 0 heterocycles. The third-order valence-electron chi connectivity index (χ3n) is 4.22. The van der Waals surface area contributed by atoms with Gasteiger partial charge in [0.2, 0.25) is 0 Å². The first kappa shape index (κ1) is 24.5. The molecule has 0 unspecified atom stereocenters. The monoisotopic (exact) mass is 444 g/mol. The molecule has 0 saturated heterocycles. The quantitative estimate of drug-likeness (QED) is 0.386. The Bertz CT molecular complexity index is 750. The van der Waals surface area contributed by atoms with Gasteiger partial charge >= 0.3 is 29.0 Å². The molecule has 2 aromatic rings. The minimum Gasteiger partial charge on any atom is -0.508 e. The van der Waals surface area contributed by atoms with Crippen LogP contribution in [0.25, 0.3) is 0 Å². The standard InChI is InChI=1S/C20H24N2O6.Fe/c23-17-7-3-1-5-15(17)11-21(13-19(25)26)9-10-22(14-20(27)28)12-16-6-2-4-8-18(16)24;/h1-8,23-24H,9-14H2,(H,25,26)(H,27,28);/q;+3. The molecule has 0 spiro atoms. The third-order valence-corrected chi connectivity index (χ3v) is 4.22. The Morgan fingerprint density at radius 1 is 0.690 bits per heavy atom. The van der Waals surface area contributed by atoms with Gasteiger partial charge in [0.25, 0.3) is 0 Å². The molecule has 2 rings (SSSR count). The van der Waals surface area contributed by atoms with Gasteiger partial charge in [-0.25, -0.2) is 0 Å².